The van der Waals surface area contributed by atoms with Crippen LogP contribution in [0.3, 0.4) is 0 Å². The van der Waals surface area contributed by atoms with E-state index in [1.165, 1.54) is 4.90 Å². The molecule has 2 nitrogen and oxygen atoms in total. The minimum atomic E-state index is 0.190. The van der Waals surface area contributed by atoms with Gasteiger partial charge in [-0.25, -0.2) is 0 Å². The van der Waals surface area contributed by atoms with Crippen LogP contribution in [0.1, 0.15) is 36.0 Å². The number of nitrogens with two attached hydrogens (primary N) is 1. The quantitative estimate of drug-likeness (QED) is 0.661. The fourth-order valence-electron chi connectivity index (χ4n) is 2.37. The number of hydrogen-bond acceptors (Lipinski definition) is 3. The molecule has 1 aromatic rings. The van der Waals surface area contributed by atoms with Crippen molar-refractivity contribution in [1.82, 2.24) is 0 Å². The minimum absolute atomic E-state index is 0.190. The minimum Gasteiger partial charge on any atom is -0.328 e. The monoisotopic (exact) mass is 249 g/mol. The molecule has 1 saturated carbocycles. The Morgan fingerprint density at radius 2 is 1.76 bits per heavy atom. The van der Waals surface area contributed by atoms with Crippen LogP contribution in [0.4, 0.5) is 0 Å². The molecular weight excluding hydrogens is 230 g/mol. The number of rotatable bonds is 3. The van der Waals surface area contributed by atoms with Gasteiger partial charge in [0.15, 0.2) is 5.78 Å². The van der Waals surface area contributed by atoms with Gasteiger partial charge < -0.3 is 5.73 Å². The van der Waals surface area contributed by atoms with Gasteiger partial charge in [-0.1, -0.05) is 12.1 Å². The number of Topliss-reactive ketones (excluding diaryl/α,β-unsaturated/α-hetero) is 1. The zero-order chi connectivity index (χ0) is 12.3. The third kappa shape index (κ3) is 3.11. The summed E-state index contributed by atoms with van der Waals surface area (Å²) < 4.78 is 0. The summed E-state index contributed by atoms with van der Waals surface area (Å²) in [5.74, 6) is 0.486. The predicted molar refractivity (Wildman–Crippen MR) is 72.5 cm³/mol. The molecule has 92 valence electrons. The zero-order valence-electron chi connectivity index (χ0n) is 10.2. The molecule has 17 heavy (non-hydrogen) atoms. The number of benzene rings is 1. The average Bonchev–Trinajstić information content (AvgIpc) is 2.39. The van der Waals surface area contributed by atoms with Gasteiger partial charge in [0.1, 0.15) is 0 Å². The molecule has 2 rings (SSSR count). The van der Waals surface area contributed by atoms with E-state index in [4.69, 9.17) is 5.73 Å². The standard InChI is InChI=1S/C14H19NOS/c1-17-13-8-4-11(5-9-13)14(16)10-2-6-12(15)7-3-10/h4-5,8-10,12H,2-3,6-7,15H2,1H3. The summed E-state index contributed by atoms with van der Waals surface area (Å²) in [5.41, 5.74) is 6.71. The van der Waals surface area contributed by atoms with Crippen LogP contribution in [0.15, 0.2) is 29.2 Å². The van der Waals surface area contributed by atoms with Gasteiger partial charge in [-0.05, 0) is 44.1 Å². The molecule has 3 heteroatoms. The highest BCUT2D eigenvalue weighted by molar-refractivity contribution is 7.98. The molecule has 0 bridgehead atoms. The van der Waals surface area contributed by atoms with Crippen LogP contribution in [-0.2, 0) is 0 Å². The number of carbonyl (C=O) groups is 1. The third-order valence-corrected chi connectivity index (χ3v) is 4.26. The zero-order valence-corrected chi connectivity index (χ0v) is 11.0. The Kier molecular flexibility index (Phi) is 4.24. The van der Waals surface area contributed by atoms with Crippen LogP contribution in [0.2, 0.25) is 0 Å². The normalized spacial score (nSPS) is 24.6. The molecule has 0 aromatic heterocycles. The molecule has 0 aliphatic heterocycles. The second kappa shape index (κ2) is 5.69. The molecule has 0 atom stereocenters. The summed E-state index contributed by atoms with van der Waals surface area (Å²) in [4.78, 5) is 13.5. The number of ketones is 1. The smallest absolute Gasteiger partial charge is 0.165 e. The number of carbonyl (C=O) groups excluding carboxylic acids is 1. The van der Waals surface area contributed by atoms with E-state index in [9.17, 15) is 4.79 Å². The van der Waals surface area contributed by atoms with Gasteiger partial charge >= 0.3 is 0 Å². The fourth-order valence-corrected chi connectivity index (χ4v) is 2.78. The van der Waals surface area contributed by atoms with Crippen molar-refractivity contribution < 1.29 is 4.79 Å². The second-order valence-corrected chi connectivity index (χ2v) is 5.58. The van der Waals surface area contributed by atoms with E-state index in [-0.39, 0.29) is 5.92 Å². The molecule has 0 spiro atoms. The molecule has 2 N–H and O–H groups in total. The Morgan fingerprint density at radius 3 is 2.29 bits per heavy atom. The molecular formula is C14H19NOS. The Labute approximate surface area is 107 Å². The highest BCUT2D eigenvalue weighted by atomic mass is 32.2. The highest BCUT2D eigenvalue weighted by Gasteiger charge is 2.25. The topological polar surface area (TPSA) is 43.1 Å². The SMILES string of the molecule is CSc1ccc(C(=O)C2CCC(N)CC2)cc1. The summed E-state index contributed by atoms with van der Waals surface area (Å²) in [5, 5.41) is 0. The molecule has 0 radical (unpaired) electrons. The Balaban J connectivity index is 2.03. The fraction of sp³-hybridized carbons (Fsp3) is 0.500. The van der Waals surface area contributed by atoms with Crippen molar-refractivity contribution in [2.75, 3.05) is 6.26 Å². The predicted octanol–water partition coefficient (Wildman–Crippen LogP) is 3.11. The van der Waals surface area contributed by atoms with E-state index in [0.717, 1.165) is 31.2 Å². The first kappa shape index (κ1) is 12.7. The first-order valence-corrected chi connectivity index (χ1v) is 7.37. The molecule has 0 amide bonds. The summed E-state index contributed by atoms with van der Waals surface area (Å²) in [6.45, 7) is 0. The largest absolute Gasteiger partial charge is 0.328 e. The van der Waals surface area contributed by atoms with Crippen molar-refractivity contribution in [3.05, 3.63) is 29.8 Å². The molecule has 0 saturated heterocycles. The maximum absolute atomic E-state index is 12.3. The van der Waals surface area contributed by atoms with Crippen LogP contribution in [0, 0.1) is 5.92 Å². The van der Waals surface area contributed by atoms with Gasteiger partial charge in [-0.2, -0.15) is 0 Å². The van der Waals surface area contributed by atoms with Crippen molar-refractivity contribution in [1.29, 1.82) is 0 Å². The van der Waals surface area contributed by atoms with Crippen molar-refractivity contribution in [2.24, 2.45) is 11.7 Å². The van der Waals surface area contributed by atoms with Crippen LogP contribution in [-0.4, -0.2) is 18.1 Å². The van der Waals surface area contributed by atoms with E-state index in [1.807, 2.05) is 30.5 Å². The van der Waals surface area contributed by atoms with Crippen LogP contribution in [0.5, 0.6) is 0 Å². The molecule has 1 aliphatic carbocycles. The van der Waals surface area contributed by atoms with Crippen LogP contribution >= 0.6 is 11.8 Å². The molecule has 1 fully saturated rings. The van der Waals surface area contributed by atoms with Gasteiger partial charge in [-0.3, -0.25) is 4.79 Å². The highest BCUT2D eigenvalue weighted by Crippen LogP contribution is 2.27. The Bertz CT molecular complexity index is 380. The second-order valence-electron chi connectivity index (χ2n) is 4.70. The van der Waals surface area contributed by atoms with Crippen molar-refractivity contribution in [3.8, 4) is 0 Å². The molecule has 1 aromatic carbocycles. The van der Waals surface area contributed by atoms with Crippen LogP contribution in [0.25, 0.3) is 0 Å². The van der Waals surface area contributed by atoms with E-state index >= 15 is 0 Å². The summed E-state index contributed by atoms with van der Waals surface area (Å²) in [6.07, 6.45) is 5.91. The van der Waals surface area contributed by atoms with Crippen molar-refractivity contribution in [3.63, 3.8) is 0 Å². The first-order chi connectivity index (χ1) is 8.20. The van der Waals surface area contributed by atoms with Crippen molar-refractivity contribution in [2.45, 2.75) is 36.6 Å². The van der Waals surface area contributed by atoms with E-state index in [2.05, 4.69) is 0 Å². The Morgan fingerprint density at radius 1 is 1.18 bits per heavy atom. The van der Waals surface area contributed by atoms with Crippen molar-refractivity contribution >= 4 is 17.5 Å². The number of thioether (sulfide) groups is 1. The van der Waals surface area contributed by atoms with Crippen LogP contribution < -0.4 is 5.73 Å². The molecule has 0 heterocycles. The number of hydrogen-bond donors (Lipinski definition) is 1. The van der Waals surface area contributed by atoms with E-state index in [0.29, 0.717) is 11.8 Å². The van der Waals surface area contributed by atoms with Gasteiger partial charge in [0, 0.05) is 22.4 Å². The maximum atomic E-state index is 12.3. The summed E-state index contributed by atoms with van der Waals surface area (Å²) >= 11 is 1.70. The van der Waals surface area contributed by atoms with E-state index < -0.39 is 0 Å². The lowest BCUT2D eigenvalue weighted by molar-refractivity contribution is 0.0884. The van der Waals surface area contributed by atoms with E-state index in [1.54, 1.807) is 11.8 Å². The van der Waals surface area contributed by atoms with Gasteiger partial charge in [0.25, 0.3) is 0 Å². The Hall–Kier alpha value is -0.800. The lowest BCUT2D eigenvalue weighted by atomic mass is 9.82. The molecule has 0 unspecified atom stereocenters. The lowest BCUT2D eigenvalue weighted by Crippen LogP contribution is -2.29. The third-order valence-electron chi connectivity index (χ3n) is 3.52. The first-order valence-electron chi connectivity index (χ1n) is 6.14. The summed E-state index contributed by atoms with van der Waals surface area (Å²) in [7, 11) is 0. The average molecular weight is 249 g/mol. The van der Waals surface area contributed by atoms with Gasteiger partial charge in [0.05, 0.1) is 0 Å². The lowest BCUT2D eigenvalue weighted by Gasteiger charge is -2.24. The summed E-state index contributed by atoms with van der Waals surface area (Å²) in [6, 6.07) is 8.24. The van der Waals surface area contributed by atoms with Gasteiger partial charge in [-0.15, -0.1) is 11.8 Å². The maximum Gasteiger partial charge on any atom is 0.165 e. The van der Waals surface area contributed by atoms with Gasteiger partial charge in [0.2, 0.25) is 0 Å². The molecule has 1 aliphatic rings.